The van der Waals surface area contributed by atoms with Crippen molar-refractivity contribution in [3.63, 3.8) is 0 Å². The summed E-state index contributed by atoms with van der Waals surface area (Å²) in [6.45, 7) is 2.31. The van der Waals surface area contributed by atoms with Gasteiger partial charge in [-0.1, -0.05) is 6.92 Å². The van der Waals surface area contributed by atoms with Crippen LogP contribution in [0.2, 0.25) is 0 Å². The van der Waals surface area contributed by atoms with Gasteiger partial charge in [-0.05, 0) is 49.9 Å². The summed E-state index contributed by atoms with van der Waals surface area (Å²) in [4.78, 5) is -0.0527. The maximum Gasteiger partial charge on any atom is 0.0672 e. The van der Waals surface area contributed by atoms with Crippen molar-refractivity contribution in [3.8, 4) is 0 Å². The van der Waals surface area contributed by atoms with Crippen LogP contribution in [0.1, 0.15) is 45.4 Å². The first kappa shape index (κ1) is 8.55. The minimum absolute atomic E-state index is 0.0527. The Morgan fingerprint density at radius 1 is 1.15 bits per heavy atom. The molecule has 0 aromatic rings. The number of rotatable bonds is 0. The van der Waals surface area contributed by atoms with E-state index in [9.17, 15) is 5.11 Å². The molecule has 4 fully saturated rings. The van der Waals surface area contributed by atoms with Crippen molar-refractivity contribution < 1.29 is 5.11 Å². The summed E-state index contributed by atoms with van der Waals surface area (Å²) < 4.78 is 0. The fourth-order valence-corrected chi connectivity index (χ4v) is 5.53. The Kier molecular flexibility index (Phi) is 1.37. The van der Waals surface area contributed by atoms with Gasteiger partial charge in [0.1, 0.15) is 0 Å². The zero-order chi connectivity index (χ0) is 9.32. The van der Waals surface area contributed by atoms with Gasteiger partial charge in [0.25, 0.3) is 0 Å². The predicted molar refractivity (Wildman–Crippen MR) is 52.8 cm³/mol. The predicted octanol–water partition coefficient (Wildman–Crippen LogP) is 2.70. The second-order valence-corrected chi connectivity index (χ2v) is 7.00. The van der Waals surface area contributed by atoms with Crippen LogP contribution < -0.4 is 0 Å². The molecule has 0 saturated heterocycles. The molecule has 4 atom stereocenters. The van der Waals surface area contributed by atoms with Gasteiger partial charge >= 0.3 is 0 Å². The lowest BCUT2D eigenvalue weighted by Gasteiger charge is -2.62. The standard InChI is InChI=1S/C11H17ClO/c1-9-2-8-3-10(12,5-9)7-11(13,4-8)6-9/h8,13H,2-7H2,1H3/t8?,9-,10?,11?/m1/s1. The van der Waals surface area contributed by atoms with Crippen LogP contribution in [0.5, 0.6) is 0 Å². The Morgan fingerprint density at radius 3 is 2.46 bits per heavy atom. The Bertz CT molecular complexity index is 212. The first-order chi connectivity index (χ1) is 5.91. The van der Waals surface area contributed by atoms with Gasteiger partial charge < -0.3 is 5.11 Å². The lowest BCUT2D eigenvalue weighted by molar-refractivity contribution is -0.148. The third-order valence-corrected chi connectivity index (χ3v) is 4.67. The SMILES string of the molecule is C[C@@]12CC3CC(O)(CC(Cl)(C3)C1)C2. The smallest absolute Gasteiger partial charge is 0.0672 e. The van der Waals surface area contributed by atoms with E-state index in [1.807, 2.05) is 0 Å². The molecular formula is C11H17ClO. The molecular weight excluding hydrogens is 184 g/mol. The molecule has 74 valence electrons. The van der Waals surface area contributed by atoms with Crippen molar-refractivity contribution in [1.29, 1.82) is 0 Å². The molecule has 3 unspecified atom stereocenters. The van der Waals surface area contributed by atoms with Gasteiger partial charge in [0.05, 0.1) is 5.60 Å². The molecule has 4 saturated carbocycles. The molecule has 13 heavy (non-hydrogen) atoms. The average Bonchev–Trinajstić information content (AvgIpc) is 1.71. The van der Waals surface area contributed by atoms with Crippen molar-refractivity contribution in [3.05, 3.63) is 0 Å². The molecule has 0 aromatic carbocycles. The Hall–Kier alpha value is 0.250. The minimum atomic E-state index is -0.407. The fourth-order valence-electron chi connectivity index (χ4n) is 4.74. The number of alkyl halides is 1. The molecule has 4 bridgehead atoms. The summed E-state index contributed by atoms with van der Waals surface area (Å²) in [6, 6.07) is 0. The summed E-state index contributed by atoms with van der Waals surface area (Å²) in [5.41, 5.74) is -0.0637. The van der Waals surface area contributed by atoms with Crippen molar-refractivity contribution in [1.82, 2.24) is 0 Å². The fraction of sp³-hybridized carbons (Fsp3) is 1.00. The molecule has 0 heterocycles. The summed E-state index contributed by atoms with van der Waals surface area (Å²) in [7, 11) is 0. The van der Waals surface area contributed by atoms with E-state index < -0.39 is 5.60 Å². The molecule has 0 spiro atoms. The van der Waals surface area contributed by atoms with Gasteiger partial charge in [-0.25, -0.2) is 0 Å². The van der Waals surface area contributed by atoms with Crippen LogP contribution in [0.15, 0.2) is 0 Å². The zero-order valence-corrected chi connectivity index (χ0v) is 8.90. The van der Waals surface area contributed by atoms with Crippen LogP contribution in [0.25, 0.3) is 0 Å². The maximum absolute atomic E-state index is 10.3. The van der Waals surface area contributed by atoms with E-state index in [-0.39, 0.29) is 4.87 Å². The van der Waals surface area contributed by atoms with Crippen molar-refractivity contribution in [2.45, 2.75) is 55.9 Å². The first-order valence-electron chi connectivity index (χ1n) is 5.32. The van der Waals surface area contributed by atoms with Crippen molar-refractivity contribution >= 4 is 11.6 Å². The number of halogens is 1. The molecule has 2 heteroatoms. The monoisotopic (exact) mass is 200 g/mol. The normalized spacial score (nSPS) is 64.4. The highest BCUT2D eigenvalue weighted by atomic mass is 35.5. The zero-order valence-electron chi connectivity index (χ0n) is 8.15. The largest absolute Gasteiger partial charge is 0.390 e. The van der Waals surface area contributed by atoms with Crippen LogP contribution in [-0.2, 0) is 0 Å². The van der Waals surface area contributed by atoms with Gasteiger partial charge in [-0.15, -0.1) is 11.6 Å². The highest BCUT2D eigenvalue weighted by Crippen LogP contribution is 2.64. The molecule has 4 aliphatic rings. The third kappa shape index (κ3) is 1.16. The molecule has 0 aliphatic heterocycles. The van der Waals surface area contributed by atoms with Crippen LogP contribution in [-0.4, -0.2) is 15.6 Å². The summed E-state index contributed by atoms with van der Waals surface area (Å²) in [5.74, 6) is 0.698. The number of hydrogen-bond acceptors (Lipinski definition) is 1. The van der Waals surface area contributed by atoms with E-state index in [1.54, 1.807) is 0 Å². The van der Waals surface area contributed by atoms with Gasteiger partial charge in [-0.3, -0.25) is 0 Å². The van der Waals surface area contributed by atoms with Crippen LogP contribution in [0.4, 0.5) is 0 Å². The van der Waals surface area contributed by atoms with Gasteiger partial charge in [0, 0.05) is 4.87 Å². The van der Waals surface area contributed by atoms with E-state index in [2.05, 4.69) is 6.92 Å². The molecule has 0 amide bonds. The van der Waals surface area contributed by atoms with Gasteiger partial charge in [0.2, 0.25) is 0 Å². The van der Waals surface area contributed by atoms with Gasteiger partial charge in [-0.2, -0.15) is 0 Å². The third-order valence-electron chi connectivity index (χ3n) is 4.25. The second kappa shape index (κ2) is 2.09. The highest BCUT2D eigenvalue weighted by molar-refractivity contribution is 6.24. The Balaban J connectivity index is 2.03. The summed E-state index contributed by atoms with van der Waals surface area (Å²) in [5, 5.41) is 10.3. The van der Waals surface area contributed by atoms with E-state index in [0.29, 0.717) is 11.3 Å². The first-order valence-corrected chi connectivity index (χ1v) is 5.70. The van der Waals surface area contributed by atoms with Crippen LogP contribution in [0, 0.1) is 11.3 Å². The summed E-state index contributed by atoms with van der Waals surface area (Å²) in [6.07, 6.45) is 6.41. The molecule has 0 aromatic heterocycles. The second-order valence-electron chi connectivity index (χ2n) is 6.19. The Morgan fingerprint density at radius 2 is 1.92 bits per heavy atom. The quantitative estimate of drug-likeness (QED) is 0.597. The maximum atomic E-state index is 10.3. The van der Waals surface area contributed by atoms with Crippen LogP contribution in [0.3, 0.4) is 0 Å². The topological polar surface area (TPSA) is 20.2 Å². The lowest BCUT2D eigenvalue weighted by Crippen LogP contribution is -2.60. The molecule has 1 nitrogen and oxygen atoms in total. The average molecular weight is 201 g/mol. The van der Waals surface area contributed by atoms with Gasteiger partial charge in [0.15, 0.2) is 0 Å². The Labute approximate surface area is 84.5 Å². The number of aliphatic hydroxyl groups is 1. The summed E-state index contributed by atoms with van der Waals surface area (Å²) >= 11 is 6.55. The molecule has 1 N–H and O–H groups in total. The van der Waals surface area contributed by atoms with Crippen LogP contribution >= 0.6 is 11.6 Å². The van der Waals surface area contributed by atoms with E-state index >= 15 is 0 Å². The lowest BCUT2D eigenvalue weighted by atomic mass is 9.48. The number of hydrogen-bond donors (Lipinski definition) is 1. The molecule has 0 radical (unpaired) electrons. The van der Waals surface area contributed by atoms with Crippen molar-refractivity contribution in [2.24, 2.45) is 11.3 Å². The van der Waals surface area contributed by atoms with E-state index in [0.717, 1.165) is 32.1 Å². The minimum Gasteiger partial charge on any atom is -0.390 e. The van der Waals surface area contributed by atoms with E-state index in [4.69, 9.17) is 11.6 Å². The van der Waals surface area contributed by atoms with Crippen molar-refractivity contribution in [2.75, 3.05) is 0 Å². The van der Waals surface area contributed by atoms with E-state index in [1.165, 1.54) is 6.42 Å². The molecule has 4 rings (SSSR count). The highest BCUT2D eigenvalue weighted by Gasteiger charge is 2.60. The molecule has 4 aliphatic carbocycles.